The van der Waals surface area contributed by atoms with Crippen LogP contribution in [0.5, 0.6) is 0 Å². The summed E-state index contributed by atoms with van der Waals surface area (Å²) in [5.74, 6) is -0.392. The van der Waals surface area contributed by atoms with E-state index in [0.717, 1.165) is 30.2 Å². The van der Waals surface area contributed by atoms with Gasteiger partial charge in [0.15, 0.2) is 0 Å². The number of carbonyl (C=O) groups excluding carboxylic acids is 1. The second-order valence-electron chi connectivity index (χ2n) is 6.43. The number of hydrogen-bond acceptors (Lipinski definition) is 3. The second kappa shape index (κ2) is 8.73. The number of carbonyl (C=O) groups is 1. The van der Waals surface area contributed by atoms with Gasteiger partial charge in [-0.1, -0.05) is 46.4 Å². The van der Waals surface area contributed by atoms with Gasteiger partial charge in [-0.3, -0.25) is 4.79 Å². The third kappa shape index (κ3) is 4.90. The van der Waals surface area contributed by atoms with Crippen LogP contribution >= 0.6 is 27.5 Å². The summed E-state index contributed by atoms with van der Waals surface area (Å²) in [5.41, 5.74) is 0.856. The molecule has 0 unspecified atom stereocenters. The molecule has 0 spiro atoms. The quantitative estimate of drug-likeness (QED) is 0.688. The third-order valence-electron chi connectivity index (χ3n) is 4.46. The van der Waals surface area contributed by atoms with E-state index in [1.165, 1.54) is 22.5 Å². The zero-order valence-electron chi connectivity index (χ0n) is 14.6. The minimum atomic E-state index is -3.74. The highest BCUT2D eigenvalue weighted by atomic mass is 79.9. The van der Waals surface area contributed by atoms with Crippen LogP contribution in [-0.2, 0) is 10.0 Å². The fraction of sp³-hybridized carbons (Fsp3) is 0.316. The molecule has 1 aliphatic heterocycles. The van der Waals surface area contributed by atoms with Gasteiger partial charge in [0.25, 0.3) is 5.91 Å². The number of benzene rings is 2. The summed E-state index contributed by atoms with van der Waals surface area (Å²) in [6, 6.07) is 11.5. The van der Waals surface area contributed by atoms with Crippen LogP contribution in [0.4, 0.5) is 5.69 Å². The summed E-state index contributed by atoms with van der Waals surface area (Å²) >= 11 is 9.54. The van der Waals surface area contributed by atoms with E-state index in [4.69, 9.17) is 11.6 Å². The molecule has 0 bridgehead atoms. The van der Waals surface area contributed by atoms with Crippen LogP contribution < -0.4 is 5.32 Å². The van der Waals surface area contributed by atoms with Gasteiger partial charge in [0.2, 0.25) is 10.0 Å². The molecular formula is C19H20BrClN2O3S. The number of anilines is 1. The van der Waals surface area contributed by atoms with Crippen molar-refractivity contribution >= 4 is 49.1 Å². The first-order valence-electron chi connectivity index (χ1n) is 8.74. The van der Waals surface area contributed by atoms with Crippen LogP contribution in [0.25, 0.3) is 0 Å². The SMILES string of the molecule is O=C(Nc1cccc(Br)c1)c1ccc(Cl)c(S(=O)(=O)N2CCCCCC2)c1. The van der Waals surface area contributed by atoms with E-state index in [0.29, 0.717) is 18.8 Å². The van der Waals surface area contributed by atoms with Crippen LogP contribution in [0, 0.1) is 0 Å². The normalized spacial score (nSPS) is 15.9. The van der Waals surface area contributed by atoms with Crippen LogP contribution in [0.15, 0.2) is 51.8 Å². The number of rotatable bonds is 4. The number of halogens is 2. The van der Waals surface area contributed by atoms with Gasteiger partial charge in [-0.25, -0.2) is 8.42 Å². The number of nitrogens with zero attached hydrogens (tertiary/aromatic N) is 1. The second-order valence-corrected chi connectivity index (χ2v) is 9.66. The highest BCUT2D eigenvalue weighted by Gasteiger charge is 2.28. The summed E-state index contributed by atoms with van der Waals surface area (Å²) in [6.07, 6.45) is 3.71. The zero-order chi connectivity index (χ0) is 19.4. The number of amides is 1. The van der Waals surface area contributed by atoms with Crippen molar-refractivity contribution in [2.75, 3.05) is 18.4 Å². The topological polar surface area (TPSA) is 66.5 Å². The first-order chi connectivity index (χ1) is 12.9. The zero-order valence-corrected chi connectivity index (χ0v) is 17.8. The molecule has 0 atom stereocenters. The van der Waals surface area contributed by atoms with E-state index in [1.54, 1.807) is 18.2 Å². The summed E-state index contributed by atoms with van der Waals surface area (Å²) in [7, 11) is -3.74. The molecule has 144 valence electrons. The van der Waals surface area contributed by atoms with Crippen LogP contribution in [0.2, 0.25) is 5.02 Å². The molecule has 3 rings (SSSR count). The number of nitrogens with one attached hydrogen (secondary N) is 1. The lowest BCUT2D eigenvalue weighted by Gasteiger charge is -2.21. The average molecular weight is 472 g/mol. The lowest BCUT2D eigenvalue weighted by atomic mass is 10.2. The maximum atomic E-state index is 13.0. The molecule has 2 aromatic rings. The van der Waals surface area contributed by atoms with Gasteiger partial charge >= 0.3 is 0 Å². The predicted molar refractivity (Wildman–Crippen MR) is 111 cm³/mol. The monoisotopic (exact) mass is 470 g/mol. The summed E-state index contributed by atoms with van der Waals surface area (Å²) in [5, 5.41) is 2.89. The van der Waals surface area contributed by atoms with Gasteiger partial charge < -0.3 is 5.32 Å². The Kier molecular flexibility index (Phi) is 6.57. The smallest absolute Gasteiger partial charge is 0.255 e. The Bertz CT molecular complexity index is 942. The summed E-state index contributed by atoms with van der Waals surface area (Å²) in [6.45, 7) is 0.959. The van der Waals surface area contributed by atoms with Crippen molar-refractivity contribution in [3.63, 3.8) is 0 Å². The molecular weight excluding hydrogens is 452 g/mol. The number of hydrogen-bond donors (Lipinski definition) is 1. The van der Waals surface area contributed by atoms with Crippen molar-refractivity contribution in [1.82, 2.24) is 4.31 Å². The molecule has 1 aliphatic rings. The molecule has 27 heavy (non-hydrogen) atoms. The fourth-order valence-corrected chi connectivity index (χ4v) is 5.45. The van der Waals surface area contributed by atoms with E-state index >= 15 is 0 Å². The molecule has 1 amide bonds. The van der Waals surface area contributed by atoms with E-state index in [-0.39, 0.29) is 15.5 Å². The molecule has 1 saturated heterocycles. The maximum absolute atomic E-state index is 13.0. The molecule has 0 radical (unpaired) electrons. The van der Waals surface area contributed by atoms with Crippen LogP contribution in [0.1, 0.15) is 36.0 Å². The Balaban J connectivity index is 1.88. The first kappa shape index (κ1) is 20.3. The van der Waals surface area contributed by atoms with E-state index in [2.05, 4.69) is 21.2 Å². The van der Waals surface area contributed by atoms with E-state index in [1.807, 2.05) is 6.07 Å². The van der Waals surface area contributed by atoms with Crippen molar-refractivity contribution in [3.8, 4) is 0 Å². The Hall–Kier alpha value is -1.41. The molecule has 1 N–H and O–H groups in total. The molecule has 1 heterocycles. The van der Waals surface area contributed by atoms with Crippen molar-refractivity contribution in [2.45, 2.75) is 30.6 Å². The Morgan fingerprint density at radius 2 is 1.74 bits per heavy atom. The summed E-state index contributed by atoms with van der Waals surface area (Å²) in [4.78, 5) is 12.5. The van der Waals surface area contributed by atoms with Gasteiger partial charge in [-0.15, -0.1) is 0 Å². The predicted octanol–water partition coefficient (Wildman–Crippen LogP) is 4.92. The van der Waals surface area contributed by atoms with Gasteiger partial charge in [0, 0.05) is 28.8 Å². The largest absolute Gasteiger partial charge is 0.322 e. The van der Waals surface area contributed by atoms with Crippen molar-refractivity contribution in [1.29, 1.82) is 0 Å². The molecule has 2 aromatic carbocycles. The minimum absolute atomic E-state index is 0.0204. The molecule has 1 fully saturated rings. The van der Waals surface area contributed by atoms with E-state index in [9.17, 15) is 13.2 Å². The van der Waals surface area contributed by atoms with Gasteiger partial charge in [0.1, 0.15) is 4.90 Å². The van der Waals surface area contributed by atoms with Crippen molar-refractivity contribution in [2.24, 2.45) is 0 Å². The Morgan fingerprint density at radius 1 is 1.04 bits per heavy atom. The molecule has 0 aliphatic carbocycles. The minimum Gasteiger partial charge on any atom is -0.322 e. The van der Waals surface area contributed by atoms with Crippen molar-refractivity contribution < 1.29 is 13.2 Å². The lowest BCUT2D eigenvalue weighted by Crippen LogP contribution is -2.32. The third-order valence-corrected chi connectivity index (χ3v) is 7.33. The highest BCUT2D eigenvalue weighted by molar-refractivity contribution is 9.10. The van der Waals surface area contributed by atoms with Gasteiger partial charge in [0.05, 0.1) is 5.02 Å². The maximum Gasteiger partial charge on any atom is 0.255 e. The van der Waals surface area contributed by atoms with Crippen LogP contribution in [0.3, 0.4) is 0 Å². The average Bonchev–Trinajstić information content (AvgIpc) is 2.92. The highest BCUT2D eigenvalue weighted by Crippen LogP contribution is 2.28. The lowest BCUT2D eigenvalue weighted by molar-refractivity contribution is 0.102. The van der Waals surface area contributed by atoms with Crippen molar-refractivity contribution in [3.05, 3.63) is 57.5 Å². The Morgan fingerprint density at radius 3 is 2.41 bits per heavy atom. The summed E-state index contributed by atoms with van der Waals surface area (Å²) < 4.78 is 28.4. The molecule has 0 saturated carbocycles. The van der Waals surface area contributed by atoms with E-state index < -0.39 is 15.9 Å². The van der Waals surface area contributed by atoms with Gasteiger partial charge in [-0.05, 0) is 49.2 Å². The molecule has 5 nitrogen and oxygen atoms in total. The van der Waals surface area contributed by atoms with Crippen LogP contribution in [-0.4, -0.2) is 31.7 Å². The number of sulfonamides is 1. The first-order valence-corrected chi connectivity index (χ1v) is 11.4. The molecule has 0 aromatic heterocycles. The Labute approximate surface area is 172 Å². The fourth-order valence-electron chi connectivity index (χ4n) is 3.03. The van der Waals surface area contributed by atoms with Gasteiger partial charge in [-0.2, -0.15) is 4.31 Å². The standard InChI is InChI=1S/C19H20BrClN2O3S/c20-15-6-5-7-16(13-15)22-19(24)14-8-9-17(21)18(12-14)27(25,26)23-10-3-1-2-4-11-23/h5-9,12-13H,1-4,10-11H2,(H,22,24). The molecule has 8 heteroatoms.